The molecule has 2 fully saturated rings. The molecule has 1 atom stereocenters. The first kappa shape index (κ1) is 16.6. The summed E-state index contributed by atoms with van der Waals surface area (Å²) in [6.45, 7) is 1.43. The highest BCUT2D eigenvalue weighted by molar-refractivity contribution is 7.08. The second-order valence-electron chi connectivity index (χ2n) is 6.53. The van der Waals surface area contributed by atoms with Gasteiger partial charge in [-0.05, 0) is 59.9 Å². The topological polar surface area (TPSA) is 40.6 Å². The summed E-state index contributed by atoms with van der Waals surface area (Å²) < 4.78 is 0. The lowest BCUT2D eigenvalue weighted by Gasteiger charge is -2.25. The number of thiophene rings is 1. The Morgan fingerprint density at radius 2 is 2.08 bits per heavy atom. The monoisotopic (exact) mass is 374 g/mol. The highest BCUT2D eigenvalue weighted by Gasteiger charge is 2.32. The minimum Gasteiger partial charge on any atom is -0.332 e. The van der Waals surface area contributed by atoms with Crippen molar-refractivity contribution in [1.29, 1.82) is 0 Å². The van der Waals surface area contributed by atoms with Crippen molar-refractivity contribution < 1.29 is 9.59 Å². The van der Waals surface area contributed by atoms with E-state index in [1.54, 1.807) is 34.4 Å². The van der Waals surface area contributed by atoms with Crippen molar-refractivity contribution in [2.24, 2.45) is 0 Å². The van der Waals surface area contributed by atoms with Gasteiger partial charge < -0.3 is 9.80 Å². The second kappa shape index (κ2) is 6.81. The Kier molecular flexibility index (Phi) is 4.52. The van der Waals surface area contributed by atoms with Crippen LogP contribution in [0.2, 0.25) is 5.02 Å². The number of rotatable bonds is 3. The summed E-state index contributed by atoms with van der Waals surface area (Å²) in [5, 5.41) is 4.69. The van der Waals surface area contributed by atoms with Gasteiger partial charge in [0.05, 0.1) is 16.8 Å². The molecule has 2 aromatic rings. The smallest absolute Gasteiger partial charge is 0.254 e. The molecule has 0 spiro atoms. The molecule has 4 rings (SSSR count). The van der Waals surface area contributed by atoms with Gasteiger partial charge in [0.2, 0.25) is 5.91 Å². The summed E-state index contributed by atoms with van der Waals surface area (Å²) in [4.78, 5) is 28.8. The van der Waals surface area contributed by atoms with E-state index in [2.05, 4.69) is 16.8 Å². The summed E-state index contributed by atoms with van der Waals surface area (Å²) in [6, 6.07) is 7.50. The minimum atomic E-state index is 0.0123. The van der Waals surface area contributed by atoms with E-state index < -0.39 is 0 Å². The molecule has 1 unspecified atom stereocenters. The Hall–Kier alpha value is -1.85. The number of hydrogen-bond donors (Lipinski definition) is 0. The van der Waals surface area contributed by atoms with E-state index in [9.17, 15) is 9.59 Å². The van der Waals surface area contributed by atoms with E-state index in [1.807, 2.05) is 4.90 Å². The van der Waals surface area contributed by atoms with Gasteiger partial charge in [-0.15, -0.1) is 0 Å². The van der Waals surface area contributed by atoms with E-state index in [0.717, 1.165) is 25.8 Å². The maximum Gasteiger partial charge on any atom is 0.254 e. The SMILES string of the molecule is O=C1CCCN1c1cc(C(=O)N2CCCC2c2ccsc2)ccc1Cl. The molecule has 0 saturated carbocycles. The number of likely N-dealkylation sites (tertiary alicyclic amines) is 1. The maximum absolute atomic E-state index is 13.1. The fourth-order valence-electron chi connectivity index (χ4n) is 3.74. The molecule has 1 aromatic carbocycles. The lowest BCUT2D eigenvalue weighted by molar-refractivity contribution is -0.117. The van der Waals surface area contributed by atoms with Crippen LogP contribution in [0.25, 0.3) is 0 Å². The van der Waals surface area contributed by atoms with Gasteiger partial charge in [-0.1, -0.05) is 11.6 Å². The van der Waals surface area contributed by atoms with Crippen molar-refractivity contribution in [1.82, 2.24) is 4.90 Å². The minimum absolute atomic E-state index is 0.0123. The molecule has 2 aliphatic rings. The first-order valence-electron chi connectivity index (χ1n) is 8.58. The molecule has 0 radical (unpaired) electrons. The first-order valence-corrected chi connectivity index (χ1v) is 9.90. The van der Waals surface area contributed by atoms with Crippen LogP contribution in [0.4, 0.5) is 5.69 Å². The average Bonchev–Trinajstić information content (AvgIpc) is 3.35. The lowest BCUT2D eigenvalue weighted by Crippen LogP contribution is -2.31. The van der Waals surface area contributed by atoms with Gasteiger partial charge in [0.1, 0.15) is 0 Å². The number of carbonyl (C=O) groups is 2. The van der Waals surface area contributed by atoms with Gasteiger partial charge in [0, 0.05) is 25.1 Å². The number of benzene rings is 1. The lowest BCUT2D eigenvalue weighted by atomic mass is 10.1. The number of hydrogen-bond acceptors (Lipinski definition) is 3. The summed E-state index contributed by atoms with van der Waals surface area (Å²) in [5.41, 5.74) is 2.46. The highest BCUT2D eigenvalue weighted by Crippen LogP contribution is 2.36. The Balaban J connectivity index is 1.63. The molecule has 2 amide bonds. The van der Waals surface area contributed by atoms with Gasteiger partial charge in [-0.25, -0.2) is 0 Å². The van der Waals surface area contributed by atoms with Crippen molar-refractivity contribution in [2.75, 3.05) is 18.0 Å². The standard InChI is InChI=1S/C19H19ClN2O2S/c20-15-6-5-13(11-17(15)21-8-2-4-18(21)23)19(24)22-9-1-3-16(22)14-7-10-25-12-14/h5-7,10-12,16H,1-4,8-9H2. The fraction of sp³-hybridized carbons (Fsp3) is 0.368. The summed E-state index contributed by atoms with van der Waals surface area (Å²) in [7, 11) is 0. The highest BCUT2D eigenvalue weighted by atomic mass is 35.5. The molecule has 130 valence electrons. The van der Waals surface area contributed by atoms with E-state index in [1.165, 1.54) is 5.56 Å². The van der Waals surface area contributed by atoms with E-state index in [-0.39, 0.29) is 17.9 Å². The molecule has 0 aliphatic carbocycles. The Morgan fingerprint density at radius 1 is 1.20 bits per heavy atom. The average molecular weight is 375 g/mol. The van der Waals surface area contributed by atoms with Crippen LogP contribution in [0.3, 0.4) is 0 Å². The van der Waals surface area contributed by atoms with E-state index in [0.29, 0.717) is 29.2 Å². The molecule has 2 aliphatic heterocycles. The maximum atomic E-state index is 13.1. The third-order valence-electron chi connectivity index (χ3n) is 5.00. The Labute approximate surface area is 156 Å². The van der Waals surface area contributed by atoms with Crippen LogP contribution in [-0.4, -0.2) is 29.8 Å². The van der Waals surface area contributed by atoms with Crippen LogP contribution >= 0.6 is 22.9 Å². The van der Waals surface area contributed by atoms with Crippen LogP contribution in [0.1, 0.15) is 47.6 Å². The van der Waals surface area contributed by atoms with Crippen LogP contribution in [0, 0.1) is 0 Å². The third kappa shape index (κ3) is 3.07. The van der Waals surface area contributed by atoms with Gasteiger partial charge in [0.15, 0.2) is 0 Å². The van der Waals surface area contributed by atoms with Crippen LogP contribution in [0.15, 0.2) is 35.0 Å². The third-order valence-corrected chi connectivity index (χ3v) is 6.02. The van der Waals surface area contributed by atoms with Gasteiger partial charge in [-0.3, -0.25) is 9.59 Å². The largest absolute Gasteiger partial charge is 0.332 e. The molecule has 0 N–H and O–H groups in total. The number of carbonyl (C=O) groups excluding carboxylic acids is 2. The molecular weight excluding hydrogens is 356 g/mol. The van der Waals surface area contributed by atoms with Gasteiger partial charge in [0.25, 0.3) is 5.91 Å². The first-order chi connectivity index (χ1) is 12.1. The fourth-order valence-corrected chi connectivity index (χ4v) is 4.67. The Bertz CT molecular complexity index is 806. The molecule has 2 saturated heterocycles. The number of nitrogens with zero attached hydrogens (tertiary/aromatic N) is 2. The zero-order chi connectivity index (χ0) is 17.4. The zero-order valence-corrected chi connectivity index (χ0v) is 15.4. The van der Waals surface area contributed by atoms with E-state index >= 15 is 0 Å². The molecule has 0 bridgehead atoms. The van der Waals surface area contributed by atoms with Crippen LogP contribution < -0.4 is 4.90 Å². The summed E-state index contributed by atoms with van der Waals surface area (Å²) >= 11 is 7.96. The van der Waals surface area contributed by atoms with Crippen molar-refractivity contribution in [3.63, 3.8) is 0 Å². The van der Waals surface area contributed by atoms with Crippen molar-refractivity contribution in [2.45, 2.75) is 31.7 Å². The molecule has 25 heavy (non-hydrogen) atoms. The number of amides is 2. The van der Waals surface area contributed by atoms with Crippen molar-refractivity contribution in [3.05, 3.63) is 51.2 Å². The molecular formula is C19H19ClN2O2S. The molecule has 1 aromatic heterocycles. The quantitative estimate of drug-likeness (QED) is 0.793. The molecule has 4 nitrogen and oxygen atoms in total. The van der Waals surface area contributed by atoms with Crippen molar-refractivity contribution >= 4 is 40.4 Å². The zero-order valence-electron chi connectivity index (χ0n) is 13.8. The number of anilines is 1. The second-order valence-corrected chi connectivity index (χ2v) is 7.72. The van der Waals surface area contributed by atoms with Gasteiger partial charge >= 0.3 is 0 Å². The predicted octanol–water partition coefficient (Wildman–Crippen LogP) is 4.51. The summed E-state index contributed by atoms with van der Waals surface area (Å²) in [5.74, 6) is 0.0853. The van der Waals surface area contributed by atoms with E-state index in [4.69, 9.17) is 11.6 Å². The van der Waals surface area contributed by atoms with Crippen LogP contribution in [0.5, 0.6) is 0 Å². The van der Waals surface area contributed by atoms with Gasteiger partial charge in [-0.2, -0.15) is 11.3 Å². The predicted molar refractivity (Wildman–Crippen MR) is 100 cm³/mol. The molecule has 6 heteroatoms. The summed E-state index contributed by atoms with van der Waals surface area (Å²) in [6.07, 6.45) is 3.38. The van der Waals surface area contributed by atoms with Crippen molar-refractivity contribution in [3.8, 4) is 0 Å². The molecule has 3 heterocycles. The number of halogens is 1. The normalized spacial score (nSPS) is 20.5. The Morgan fingerprint density at radius 3 is 2.80 bits per heavy atom. The van der Waals surface area contributed by atoms with Crippen LogP contribution in [-0.2, 0) is 4.79 Å².